The lowest BCUT2D eigenvalue weighted by Gasteiger charge is -2.17. The number of H-pyrrole nitrogens is 1. The van der Waals surface area contributed by atoms with Gasteiger partial charge in [0.25, 0.3) is 0 Å². The molecular weight excluding hydrogens is 340 g/mol. The van der Waals surface area contributed by atoms with Crippen LogP contribution >= 0.6 is 0 Å². The lowest BCUT2D eigenvalue weighted by atomic mass is 9.99. The highest BCUT2D eigenvalue weighted by Crippen LogP contribution is 2.27. The molecule has 0 bridgehead atoms. The molecule has 0 radical (unpaired) electrons. The molecule has 1 atom stereocenters. The fourth-order valence-electron chi connectivity index (χ4n) is 2.98. The summed E-state index contributed by atoms with van der Waals surface area (Å²) in [6.07, 6.45) is 3.60. The van der Waals surface area contributed by atoms with E-state index in [2.05, 4.69) is 9.97 Å². The van der Waals surface area contributed by atoms with Crippen LogP contribution < -0.4 is 0 Å². The minimum atomic E-state index is -1.04. The van der Waals surface area contributed by atoms with Crippen molar-refractivity contribution in [3.63, 3.8) is 0 Å². The third-order valence-corrected chi connectivity index (χ3v) is 4.32. The van der Waals surface area contributed by atoms with Crippen LogP contribution in [-0.2, 0) is 4.74 Å². The Labute approximate surface area is 155 Å². The Morgan fingerprint density at radius 3 is 2.48 bits per heavy atom. The molecule has 4 rings (SSSR count). The van der Waals surface area contributed by atoms with Gasteiger partial charge in [-0.2, -0.15) is 0 Å². The fourth-order valence-corrected chi connectivity index (χ4v) is 2.98. The van der Waals surface area contributed by atoms with Crippen LogP contribution in [-0.4, -0.2) is 21.7 Å². The number of rotatable bonds is 5. The van der Waals surface area contributed by atoms with Crippen molar-refractivity contribution in [2.75, 3.05) is 0 Å². The van der Waals surface area contributed by atoms with Crippen LogP contribution in [0.25, 0.3) is 10.9 Å². The number of para-hydroxylation sites is 1. The number of benzene rings is 2. The standard InChI is InChI=1S/C22H16N2O3/c25-20(18-14-24-19-11-5-4-10-17(18)19)21(15-7-2-1-3-8-15)27-22(26)16-9-6-12-23-13-16/h1-14,21,24H/t21-/m1/s1. The van der Waals surface area contributed by atoms with E-state index in [1.165, 1.54) is 6.20 Å². The van der Waals surface area contributed by atoms with Gasteiger partial charge in [-0.1, -0.05) is 48.5 Å². The Bertz CT molecular complexity index is 1090. The van der Waals surface area contributed by atoms with Crippen molar-refractivity contribution < 1.29 is 14.3 Å². The van der Waals surface area contributed by atoms with Gasteiger partial charge in [0.2, 0.25) is 5.78 Å². The van der Waals surface area contributed by atoms with Gasteiger partial charge in [0.05, 0.1) is 5.56 Å². The van der Waals surface area contributed by atoms with Gasteiger partial charge in [-0.05, 0) is 18.2 Å². The number of hydrogen-bond donors (Lipinski definition) is 1. The quantitative estimate of drug-likeness (QED) is 0.426. The molecule has 2 aromatic carbocycles. The minimum Gasteiger partial charge on any atom is -0.445 e. The van der Waals surface area contributed by atoms with Crippen molar-refractivity contribution in [1.29, 1.82) is 0 Å². The molecule has 4 aromatic rings. The predicted octanol–water partition coefficient (Wildman–Crippen LogP) is 4.34. The molecule has 5 heteroatoms. The first-order valence-corrected chi connectivity index (χ1v) is 8.50. The Hall–Kier alpha value is -3.73. The van der Waals surface area contributed by atoms with Crippen LogP contribution in [0.1, 0.15) is 32.4 Å². The first kappa shape index (κ1) is 16.7. The van der Waals surface area contributed by atoms with E-state index in [9.17, 15) is 9.59 Å². The third-order valence-electron chi connectivity index (χ3n) is 4.32. The largest absolute Gasteiger partial charge is 0.445 e. The number of carbonyl (C=O) groups excluding carboxylic acids is 2. The summed E-state index contributed by atoms with van der Waals surface area (Å²) in [5.41, 5.74) is 2.25. The average molecular weight is 356 g/mol. The molecule has 1 N–H and O–H groups in total. The molecule has 0 saturated heterocycles. The van der Waals surface area contributed by atoms with E-state index in [-0.39, 0.29) is 5.78 Å². The van der Waals surface area contributed by atoms with E-state index in [0.717, 1.165) is 10.9 Å². The van der Waals surface area contributed by atoms with Crippen molar-refractivity contribution >= 4 is 22.7 Å². The highest BCUT2D eigenvalue weighted by Gasteiger charge is 2.28. The molecule has 0 fully saturated rings. The molecule has 0 aliphatic heterocycles. The zero-order valence-corrected chi connectivity index (χ0v) is 14.3. The summed E-state index contributed by atoms with van der Waals surface area (Å²) < 4.78 is 5.61. The first-order valence-electron chi connectivity index (χ1n) is 8.50. The average Bonchev–Trinajstić information content (AvgIpc) is 3.17. The van der Waals surface area contributed by atoms with Crippen LogP contribution in [0, 0.1) is 0 Å². The molecule has 2 aromatic heterocycles. The minimum absolute atomic E-state index is 0.282. The second kappa shape index (κ2) is 7.25. The highest BCUT2D eigenvalue weighted by atomic mass is 16.5. The summed E-state index contributed by atoms with van der Waals surface area (Å²) in [5, 5.41) is 0.792. The monoisotopic (exact) mass is 356 g/mol. The van der Waals surface area contributed by atoms with Crippen LogP contribution in [0.2, 0.25) is 0 Å². The smallest absolute Gasteiger partial charge is 0.340 e. The van der Waals surface area contributed by atoms with E-state index in [0.29, 0.717) is 16.7 Å². The number of nitrogens with zero attached hydrogens (tertiary/aromatic N) is 1. The van der Waals surface area contributed by atoms with Crippen molar-refractivity contribution in [1.82, 2.24) is 9.97 Å². The zero-order chi connectivity index (χ0) is 18.6. The lowest BCUT2D eigenvalue weighted by molar-refractivity contribution is 0.0280. The normalized spacial score (nSPS) is 11.9. The van der Waals surface area contributed by atoms with Gasteiger partial charge in [-0.15, -0.1) is 0 Å². The van der Waals surface area contributed by atoms with E-state index in [1.807, 2.05) is 42.5 Å². The number of nitrogens with one attached hydrogen (secondary N) is 1. The number of carbonyl (C=O) groups is 2. The molecule has 27 heavy (non-hydrogen) atoms. The van der Waals surface area contributed by atoms with Crippen molar-refractivity contribution in [3.8, 4) is 0 Å². The molecule has 0 saturated carbocycles. The molecule has 0 unspecified atom stereocenters. The van der Waals surface area contributed by atoms with Crippen molar-refractivity contribution in [3.05, 3.63) is 102 Å². The Kier molecular flexibility index (Phi) is 4.49. The Morgan fingerprint density at radius 1 is 0.926 bits per heavy atom. The number of ether oxygens (including phenoxy) is 1. The maximum absolute atomic E-state index is 13.3. The summed E-state index contributed by atoms with van der Waals surface area (Å²) in [6.45, 7) is 0. The van der Waals surface area contributed by atoms with Gasteiger partial charge in [0.1, 0.15) is 0 Å². The van der Waals surface area contributed by atoms with Crippen molar-refractivity contribution in [2.24, 2.45) is 0 Å². The maximum atomic E-state index is 13.3. The molecule has 0 aliphatic carbocycles. The van der Waals surface area contributed by atoms with Crippen LogP contribution in [0.3, 0.4) is 0 Å². The second-order valence-electron chi connectivity index (χ2n) is 6.05. The number of pyridine rings is 1. The van der Waals surface area contributed by atoms with Gasteiger partial charge >= 0.3 is 5.97 Å². The van der Waals surface area contributed by atoms with Crippen LogP contribution in [0.5, 0.6) is 0 Å². The molecule has 0 spiro atoms. The van der Waals surface area contributed by atoms with E-state index >= 15 is 0 Å². The SMILES string of the molecule is O=C(O[C@@H](C(=O)c1c[nH]c2ccccc12)c1ccccc1)c1cccnc1. The second-order valence-corrected chi connectivity index (χ2v) is 6.05. The summed E-state index contributed by atoms with van der Waals surface area (Å²) in [6, 6.07) is 19.8. The Balaban J connectivity index is 1.72. The number of hydrogen-bond acceptors (Lipinski definition) is 4. The number of Topliss-reactive ketones (excluding diaryl/α,β-unsaturated/α-hetero) is 1. The van der Waals surface area contributed by atoms with Gasteiger partial charge in [-0.25, -0.2) is 4.79 Å². The van der Waals surface area contributed by atoms with Gasteiger partial charge < -0.3 is 9.72 Å². The maximum Gasteiger partial charge on any atom is 0.340 e. The topological polar surface area (TPSA) is 72.1 Å². The third kappa shape index (κ3) is 3.35. The van der Waals surface area contributed by atoms with E-state index in [1.54, 1.807) is 36.7 Å². The summed E-state index contributed by atoms with van der Waals surface area (Å²) in [5.74, 6) is -0.874. The number of ketones is 1. The molecule has 2 heterocycles. The van der Waals surface area contributed by atoms with Gasteiger partial charge in [-0.3, -0.25) is 9.78 Å². The van der Waals surface area contributed by atoms with Crippen molar-refractivity contribution in [2.45, 2.75) is 6.10 Å². The lowest BCUT2D eigenvalue weighted by Crippen LogP contribution is -2.20. The van der Waals surface area contributed by atoms with E-state index in [4.69, 9.17) is 4.74 Å². The fraction of sp³-hybridized carbons (Fsp3) is 0.0455. The van der Waals surface area contributed by atoms with Crippen LogP contribution in [0.15, 0.2) is 85.3 Å². The summed E-state index contributed by atoms with van der Waals surface area (Å²) in [7, 11) is 0. The number of fused-ring (bicyclic) bond motifs is 1. The molecular formula is C22H16N2O3. The number of aromatic amines is 1. The zero-order valence-electron chi connectivity index (χ0n) is 14.3. The number of aromatic nitrogens is 2. The first-order chi connectivity index (χ1) is 13.2. The molecule has 132 valence electrons. The predicted molar refractivity (Wildman–Crippen MR) is 101 cm³/mol. The van der Waals surface area contributed by atoms with E-state index < -0.39 is 12.1 Å². The Morgan fingerprint density at radius 2 is 1.70 bits per heavy atom. The van der Waals surface area contributed by atoms with Gasteiger partial charge in [0, 0.05) is 40.6 Å². The highest BCUT2D eigenvalue weighted by molar-refractivity contribution is 6.11. The summed E-state index contributed by atoms with van der Waals surface area (Å²) >= 11 is 0. The molecule has 0 aliphatic rings. The van der Waals surface area contributed by atoms with Crippen LogP contribution in [0.4, 0.5) is 0 Å². The van der Waals surface area contributed by atoms with Gasteiger partial charge in [0.15, 0.2) is 6.10 Å². The summed E-state index contributed by atoms with van der Waals surface area (Å²) in [4.78, 5) is 32.8. The molecule has 0 amide bonds. The number of esters is 1. The molecule has 5 nitrogen and oxygen atoms in total.